The van der Waals surface area contributed by atoms with Crippen LogP contribution in [0.4, 0.5) is 0 Å². The zero-order valence-electron chi connectivity index (χ0n) is 8.10. The highest BCUT2D eigenvalue weighted by molar-refractivity contribution is 5.99. The van der Waals surface area contributed by atoms with E-state index in [1.54, 1.807) is 0 Å². The molecule has 2 atom stereocenters. The Labute approximate surface area is 86.1 Å². The summed E-state index contributed by atoms with van der Waals surface area (Å²) in [5, 5.41) is 18.0. The number of rotatable bonds is 2. The standard InChI is InChI=1S/C10H12O5/c11-7-1-5-3-10(8(12)13,9(14)15)4-6(5)2-7/h5-6H,1-4H2,(H,12,13)(H,14,15). The summed E-state index contributed by atoms with van der Waals surface area (Å²) in [7, 11) is 0. The first-order chi connectivity index (χ1) is 6.95. The van der Waals surface area contributed by atoms with Crippen LogP contribution in [-0.2, 0) is 14.4 Å². The first kappa shape index (κ1) is 10.1. The maximum absolute atomic E-state index is 11.1. The van der Waals surface area contributed by atoms with E-state index in [1.807, 2.05) is 0 Å². The first-order valence-electron chi connectivity index (χ1n) is 4.94. The first-order valence-corrected chi connectivity index (χ1v) is 4.94. The van der Waals surface area contributed by atoms with Crippen molar-refractivity contribution >= 4 is 17.7 Å². The molecule has 5 heteroatoms. The fourth-order valence-corrected chi connectivity index (χ4v) is 2.90. The van der Waals surface area contributed by atoms with Gasteiger partial charge in [0.1, 0.15) is 5.78 Å². The number of hydrogen-bond acceptors (Lipinski definition) is 3. The molecule has 0 spiro atoms. The summed E-state index contributed by atoms with van der Waals surface area (Å²) >= 11 is 0. The predicted molar refractivity (Wildman–Crippen MR) is 48.2 cm³/mol. The number of carbonyl (C=O) groups is 3. The van der Waals surface area contributed by atoms with Crippen LogP contribution in [0, 0.1) is 17.3 Å². The third-order valence-electron chi connectivity index (χ3n) is 3.69. The monoisotopic (exact) mass is 212 g/mol. The van der Waals surface area contributed by atoms with Gasteiger partial charge in [0.25, 0.3) is 0 Å². The Morgan fingerprint density at radius 2 is 1.47 bits per heavy atom. The molecule has 0 heterocycles. The van der Waals surface area contributed by atoms with Gasteiger partial charge < -0.3 is 10.2 Å². The molecule has 2 fully saturated rings. The second-order valence-corrected chi connectivity index (χ2v) is 4.57. The number of Topliss-reactive ketones (excluding diaryl/α,β-unsaturated/α-hetero) is 1. The van der Waals surface area contributed by atoms with Crippen LogP contribution in [0.1, 0.15) is 25.7 Å². The van der Waals surface area contributed by atoms with Gasteiger partial charge in [0, 0.05) is 12.8 Å². The summed E-state index contributed by atoms with van der Waals surface area (Å²) in [5.74, 6) is -2.47. The highest BCUT2D eigenvalue weighted by Crippen LogP contribution is 2.52. The van der Waals surface area contributed by atoms with Gasteiger partial charge in [-0.15, -0.1) is 0 Å². The number of fused-ring (bicyclic) bond motifs is 1. The van der Waals surface area contributed by atoms with E-state index in [1.165, 1.54) is 0 Å². The Morgan fingerprint density at radius 3 is 1.80 bits per heavy atom. The van der Waals surface area contributed by atoms with Gasteiger partial charge in [-0.1, -0.05) is 0 Å². The molecule has 2 rings (SSSR count). The summed E-state index contributed by atoms with van der Waals surface area (Å²) in [6.45, 7) is 0. The molecular formula is C10H12O5. The molecular weight excluding hydrogens is 200 g/mol. The molecule has 15 heavy (non-hydrogen) atoms. The van der Waals surface area contributed by atoms with E-state index in [4.69, 9.17) is 10.2 Å². The van der Waals surface area contributed by atoms with Gasteiger partial charge in [-0.3, -0.25) is 14.4 Å². The van der Waals surface area contributed by atoms with Crippen LogP contribution >= 0.6 is 0 Å². The highest BCUT2D eigenvalue weighted by atomic mass is 16.4. The van der Waals surface area contributed by atoms with E-state index in [-0.39, 0.29) is 30.5 Å². The number of hydrogen-bond donors (Lipinski definition) is 2. The van der Waals surface area contributed by atoms with E-state index in [0.717, 1.165) is 0 Å². The Bertz CT molecular complexity index is 314. The smallest absolute Gasteiger partial charge is 0.321 e. The Balaban J connectivity index is 2.24. The van der Waals surface area contributed by atoms with Gasteiger partial charge in [0.15, 0.2) is 5.41 Å². The van der Waals surface area contributed by atoms with Gasteiger partial charge in [-0.2, -0.15) is 0 Å². The fourth-order valence-electron chi connectivity index (χ4n) is 2.90. The molecule has 82 valence electrons. The van der Waals surface area contributed by atoms with Crippen LogP contribution in [0.25, 0.3) is 0 Å². The van der Waals surface area contributed by atoms with E-state index < -0.39 is 17.4 Å². The van der Waals surface area contributed by atoms with Crippen LogP contribution in [0.5, 0.6) is 0 Å². The summed E-state index contributed by atoms with van der Waals surface area (Å²) in [6.07, 6.45) is 0.919. The molecule has 0 saturated heterocycles. The minimum atomic E-state index is -1.64. The number of aliphatic carboxylic acids is 2. The van der Waals surface area contributed by atoms with Crippen molar-refractivity contribution in [1.29, 1.82) is 0 Å². The van der Waals surface area contributed by atoms with Crippen LogP contribution in [0.15, 0.2) is 0 Å². The van der Waals surface area contributed by atoms with Gasteiger partial charge in [0.2, 0.25) is 0 Å². The number of ketones is 1. The van der Waals surface area contributed by atoms with Crippen molar-refractivity contribution in [2.45, 2.75) is 25.7 Å². The van der Waals surface area contributed by atoms with Crippen molar-refractivity contribution in [3.63, 3.8) is 0 Å². The zero-order valence-corrected chi connectivity index (χ0v) is 8.10. The molecule has 0 aromatic carbocycles. The third-order valence-corrected chi connectivity index (χ3v) is 3.69. The third kappa shape index (κ3) is 1.33. The molecule has 2 aliphatic rings. The molecule has 2 N–H and O–H groups in total. The molecule has 2 aliphatic carbocycles. The minimum absolute atomic E-state index is 0.0373. The van der Waals surface area contributed by atoms with Crippen LogP contribution in [0.3, 0.4) is 0 Å². The lowest BCUT2D eigenvalue weighted by Gasteiger charge is -2.19. The molecule has 0 aromatic heterocycles. The fraction of sp³-hybridized carbons (Fsp3) is 0.700. The number of carboxylic acid groups (broad SMARTS) is 2. The van der Waals surface area contributed by atoms with Crippen molar-refractivity contribution < 1.29 is 24.6 Å². The second kappa shape index (κ2) is 3.05. The van der Waals surface area contributed by atoms with Crippen molar-refractivity contribution in [2.75, 3.05) is 0 Å². The maximum Gasteiger partial charge on any atom is 0.321 e. The van der Waals surface area contributed by atoms with Crippen LogP contribution in [0.2, 0.25) is 0 Å². The number of carboxylic acids is 2. The Hall–Kier alpha value is -1.39. The van der Waals surface area contributed by atoms with Gasteiger partial charge in [-0.25, -0.2) is 0 Å². The van der Waals surface area contributed by atoms with E-state index in [9.17, 15) is 14.4 Å². The van der Waals surface area contributed by atoms with Crippen molar-refractivity contribution in [3.8, 4) is 0 Å². The van der Waals surface area contributed by atoms with E-state index >= 15 is 0 Å². The van der Waals surface area contributed by atoms with Crippen molar-refractivity contribution in [3.05, 3.63) is 0 Å². The van der Waals surface area contributed by atoms with Gasteiger partial charge in [0.05, 0.1) is 0 Å². The molecule has 0 amide bonds. The Morgan fingerprint density at radius 1 is 1.07 bits per heavy atom. The Kier molecular flexibility index (Phi) is 2.06. The highest BCUT2D eigenvalue weighted by Gasteiger charge is 2.58. The lowest BCUT2D eigenvalue weighted by molar-refractivity contribution is -0.164. The summed E-state index contributed by atoms with van der Waals surface area (Å²) in [6, 6.07) is 0. The molecule has 0 aromatic rings. The van der Waals surface area contributed by atoms with Crippen LogP contribution < -0.4 is 0 Å². The second-order valence-electron chi connectivity index (χ2n) is 4.57. The topological polar surface area (TPSA) is 91.7 Å². The van der Waals surface area contributed by atoms with Crippen molar-refractivity contribution in [2.24, 2.45) is 17.3 Å². The summed E-state index contributed by atoms with van der Waals surface area (Å²) in [5.41, 5.74) is -1.64. The lowest BCUT2D eigenvalue weighted by Crippen LogP contribution is -2.37. The van der Waals surface area contributed by atoms with E-state index in [2.05, 4.69) is 0 Å². The minimum Gasteiger partial charge on any atom is -0.480 e. The average molecular weight is 212 g/mol. The van der Waals surface area contributed by atoms with Crippen LogP contribution in [-0.4, -0.2) is 27.9 Å². The molecule has 0 bridgehead atoms. The quantitative estimate of drug-likeness (QED) is 0.651. The zero-order chi connectivity index (χ0) is 11.2. The molecule has 2 saturated carbocycles. The largest absolute Gasteiger partial charge is 0.480 e. The maximum atomic E-state index is 11.1. The normalized spacial score (nSPS) is 32.7. The van der Waals surface area contributed by atoms with Gasteiger partial charge >= 0.3 is 11.9 Å². The summed E-state index contributed by atoms with van der Waals surface area (Å²) < 4.78 is 0. The molecule has 0 aliphatic heterocycles. The van der Waals surface area contributed by atoms with E-state index in [0.29, 0.717) is 12.8 Å². The summed E-state index contributed by atoms with van der Waals surface area (Å²) in [4.78, 5) is 33.1. The lowest BCUT2D eigenvalue weighted by atomic mass is 9.84. The molecule has 0 radical (unpaired) electrons. The SMILES string of the molecule is O=C1CC2CC(C(=O)O)(C(=O)O)CC2C1. The van der Waals surface area contributed by atoms with Gasteiger partial charge in [-0.05, 0) is 24.7 Å². The molecule has 5 nitrogen and oxygen atoms in total. The molecule has 2 unspecified atom stereocenters. The predicted octanol–water partition coefficient (Wildman–Crippen LogP) is 0.531. The average Bonchev–Trinajstić information content (AvgIpc) is 2.57. The van der Waals surface area contributed by atoms with Crippen molar-refractivity contribution in [1.82, 2.24) is 0 Å². The number of carbonyl (C=O) groups excluding carboxylic acids is 1.